The highest BCUT2D eigenvalue weighted by molar-refractivity contribution is 7.99. The first-order chi connectivity index (χ1) is 14.3. The molecule has 1 aromatic heterocycles. The molecular formula is C19H22ClN3O4S3. The highest BCUT2D eigenvalue weighted by Gasteiger charge is 2.31. The van der Waals surface area contributed by atoms with E-state index in [0.29, 0.717) is 30.9 Å². The van der Waals surface area contributed by atoms with Crippen molar-refractivity contribution in [1.29, 1.82) is 0 Å². The van der Waals surface area contributed by atoms with Gasteiger partial charge in [-0.1, -0.05) is 18.5 Å². The molecule has 7 nitrogen and oxygen atoms in total. The van der Waals surface area contributed by atoms with Gasteiger partial charge in [-0.05, 0) is 36.1 Å². The molecule has 1 aliphatic heterocycles. The molecular weight excluding hydrogens is 466 g/mol. The maximum atomic E-state index is 13.0. The number of nitrogens with zero attached hydrogens (tertiary/aromatic N) is 1. The van der Waals surface area contributed by atoms with E-state index >= 15 is 0 Å². The number of thioether (sulfide) groups is 1. The number of hydrogen-bond acceptors (Lipinski definition) is 6. The van der Waals surface area contributed by atoms with Crippen LogP contribution >= 0.6 is 34.7 Å². The maximum Gasteiger partial charge on any atom is 0.267 e. The molecule has 0 saturated carbocycles. The summed E-state index contributed by atoms with van der Waals surface area (Å²) in [6.45, 7) is 3.35. The minimum atomic E-state index is -3.73. The van der Waals surface area contributed by atoms with Gasteiger partial charge in [0.25, 0.3) is 11.8 Å². The second-order valence-electron chi connectivity index (χ2n) is 6.54. The number of rotatable bonds is 7. The highest BCUT2D eigenvalue weighted by Crippen LogP contribution is 2.28. The van der Waals surface area contributed by atoms with Crippen LogP contribution in [0.1, 0.15) is 33.4 Å². The number of anilines is 1. The Balaban J connectivity index is 1.77. The van der Waals surface area contributed by atoms with Crippen LogP contribution < -0.4 is 10.6 Å². The molecule has 1 fully saturated rings. The molecule has 11 heteroatoms. The van der Waals surface area contributed by atoms with E-state index < -0.39 is 15.9 Å². The zero-order chi connectivity index (χ0) is 21.7. The second-order valence-corrected chi connectivity index (χ2v) is 11.0. The molecule has 0 radical (unpaired) electrons. The van der Waals surface area contributed by atoms with Gasteiger partial charge in [0.1, 0.15) is 9.77 Å². The van der Waals surface area contributed by atoms with Crippen LogP contribution in [-0.4, -0.2) is 55.7 Å². The standard InChI is InChI=1S/C19H22ClN3O4S3/c1-2-6-21-18(24)14-4-3-13(12-15(14)20)22-19(25)17-16(5-9-29-17)30(26,27)23-7-10-28-11-8-23/h3-5,9,12H,2,6-8,10-11H2,1H3,(H,21,24)(H,22,25). The molecule has 2 N–H and O–H groups in total. The molecule has 0 spiro atoms. The number of hydrogen-bond donors (Lipinski definition) is 2. The third-order valence-corrected chi connectivity index (χ3v) is 8.67. The number of nitrogens with one attached hydrogen (secondary N) is 2. The fourth-order valence-electron chi connectivity index (χ4n) is 2.89. The van der Waals surface area contributed by atoms with Crippen LogP contribution in [0.15, 0.2) is 34.5 Å². The Bertz CT molecular complexity index is 1030. The van der Waals surface area contributed by atoms with E-state index in [-0.39, 0.29) is 20.7 Å². The topological polar surface area (TPSA) is 95.6 Å². The molecule has 162 valence electrons. The van der Waals surface area contributed by atoms with Crippen LogP contribution in [-0.2, 0) is 10.0 Å². The van der Waals surface area contributed by atoms with Crippen LogP contribution in [0.4, 0.5) is 5.69 Å². The molecule has 2 heterocycles. The van der Waals surface area contributed by atoms with Gasteiger partial charge in [-0.3, -0.25) is 9.59 Å². The summed E-state index contributed by atoms with van der Waals surface area (Å²) in [5, 5.41) is 7.22. The van der Waals surface area contributed by atoms with E-state index in [1.165, 1.54) is 22.5 Å². The lowest BCUT2D eigenvalue weighted by atomic mass is 10.2. The molecule has 0 unspecified atom stereocenters. The van der Waals surface area contributed by atoms with Gasteiger partial charge in [-0.2, -0.15) is 16.1 Å². The molecule has 30 heavy (non-hydrogen) atoms. The summed E-state index contributed by atoms with van der Waals surface area (Å²) in [6.07, 6.45) is 0.805. The Kier molecular flexibility index (Phi) is 7.81. The molecule has 3 rings (SSSR count). The van der Waals surface area contributed by atoms with Crippen LogP contribution in [0.5, 0.6) is 0 Å². The van der Waals surface area contributed by atoms with Crippen LogP contribution in [0, 0.1) is 0 Å². The smallest absolute Gasteiger partial charge is 0.267 e. The van der Waals surface area contributed by atoms with Crippen molar-refractivity contribution in [3.8, 4) is 0 Å². The number of sulfonamides is 1. The Morgan fingerprint density at radius 3 is 2.57 bits per heavy atom. The lowest BCUT2D eigenvalue weighted by Gasteiger charge is -2.25. The third kappa shape index (κ3) is 5.17. The molecule has 2 amide bonds. The molecule has 1 saturated heterocycles. The van der Waals surface area contributed by atoms with Crippen molar-refractivity contribution in [2.75, 3.05) is 36.5 Å². The predicted molar refractivity (Wildman–Crippen MR) is 122 cm³/mol. The largest absolute Gasteiger partial charge is 0.352 e. The molecule has 1 aliphatic rings. The number of carbonyl (C=O) groups is 2. The van der Waals surface area contributed by atoms with Crippen molar-refractivity contribution >= 4 is 62.2 Å². The summed E-state index contributed by atoms with van der Waals surface area (Å²) < 4.78 is 27.3. The van der Waals surface area contributed by atoms with E-state index in [4.69, 9.17) is 11.6 Å². The molecule has 1 aromatic carbocycles. The van der Waals surface area contributed by atoms with E-state index in [1.54, 1.807) is 23.2 Å². The zero-order valence-corrected chi connectivity index (χ0v) is 19.5. The monoisotopic (exact) mass is 487 g/mol. The number of benzene rings is 1. The van der Waals surface area contributed by atoms with Crippen LogP contribution in [0.3, 0.4) is 0 Å². The quantitative estimate of drug-likeness (QED) is 0.622. The Hall–Kier alpha value is -1.59. The fraction of sp³-hybridized carbons (Fsp3) is 0.368. The molecule has 2 aromatic rings. The Morgan fingerprint density at radius 2 is 1.90 bits per heavy atom. The summed E-state index contributed by atoms with van der Waals surface area (Å²) in [6, 6.07) is 6.03. The van der Waals surface area contributed by atoms with Crippen LogP contribution in [0.2, 0.25) is 5.02 Å². The lowest BCUT2D eigenvalue weighted by Crippen LogP contribution is -2.38. The number of halogens is 1. The van der Waals surface area contributed by atoms with Gasteiger partial charge in [0.2, 0.25) is 10.0 Å². The van der Waals surface area contributed by atoms with Crippen molar-refractivity contribution in [2.24, 2.45) is 0 Å². The van der Waals surface area contributed by atoms with Gasteiger partial charge in [-0.25, -0.2) is 8.42 Å². The van der Waals surface area contributed by atoms with E-state index in [2.05, 4.69) is 10.6 Å². The minimum Gasteiger partial charge on any atom is -0.352 e. The SMILES string of the molecule is CCCNC(=O)c1ccc(NC(=O)c2sccc2S(=O)(=O)N2CCSCC2)cc1Cl. The third-order valence-electron chi connectivity index (χ3n) is 4.43. The highest BCUT2D eigenvalue weighted by atomic mass is 35.5. The van der Waals surface area contributed by atoms with Gasteiger partial charge in [0.15, 0.2) is 0 Å². The predicted octanol–water partition coefficient (Wildman–Crippen LogP) is 3.53. The van der Waals surface area contributed by atoms with Gasteiger partial charge in [0, 0.05) is 36.8 Å². The first-order valence-electron chi connectivity index (χ1n) is 9.39. The van der Waals surface area contributed by atoms with Gasteiger partial charge in [0.05, 0.1) is 10.6 Å². The van der Waals surface area contributed by atoms with Crippen molar-refractivity contribution in [2.45, 2.75) is 18.2 Å². The van der Waals surface area contributed by atoms with Gasteiger partial charge < -0.3 is 10.6 Å². The molecule has 0 bridgehead atoms. The summed E-state index contributed by atoms with van der Waals surface area (Å²) in [5.74, 6) is 0.656. The van der Waals surface area contributed by atoms with Crippen molar-refractivity contribution < 1.29 is 18.0 Å². The summed E-state index contributed by atoms with van der Waals surface area (Å²) in [5.41, 5.74) is 0.689. The Labute approximate surface area is 189 Å². The fourth-order valence-corrected chi connectivity index (χ4v) is 7.03. The first-order valence-corrected chi connectivity index (χ1v) is 13.2. The summed E-state index contributed by atoms with van der Waals surface area (Å²) >= 11 is 8.98. The normalized spacial score (nSPS) is 15.0. The first kappa shape index (κ1) is 23.1. The van der Waals surface area contributed by atoms with E-state index in [0.717, 1.165) is 29.3 Å². The average molecular weight is 488 g/mol. The number of thiophene rings is 1. The maximum absolute atomic E-state index is 13.0. The second kappa shape index (κ2) is 10.1. The van der Waals surface area contributed by atoms with Crippen LogP contribution in [0.25, 0.3) is 0 Å². The van der Waals surface area contributed by atoms with Gasteiger partial charge >= 0.3 is 0 Å². The van der Waals surface area contributed by atoms with Crippen molar-refractivity contribution in [3.05, 3.63) is 45.1 Å². The zero-order valence-electron chi connectivity index (χ0n) is 16.3. The lowest BCUT2D eigenvalue weighted by molar-refractivity contribution is 0.0953. The average Bonchev–Trinajstić information content (AvgIpc) is 3.24. The Morgan fingerprint density at radius 1 is 1.17 bits per heavy atom. The molecule has 0 aliphatic carbocycles. The van der Waals surface area contributed by atoms with E-state index in [1.807, 2.05) is 6.92 Å². The minimum absolute atomic E-state index is 0.0126. The summed E-state index contributed by atoms with van der Waals surface area (Å²) in [4.78, 5) is 25.0. The van der Waals surface area contributed by atoms with Crippen molar-refractivity contribution in [1.82, 2.24) is 9.62 Å². The van der Waals surface area contributed by atoms with Crippen molar-refractivity contribution in [3.63, 3.8) is 0 Å². The number of amides is 2. The van der Waals surface area contributed by atoms with E-state index in [9.17, 15) is 18.0 Å². The summed E-state index contributed by atoms with van der Waals surface area (Å²) in [7, 11) is -3.73. The number of carbonyl (C=O) groups excluding carboxylic acids is 2. The van der Waals surface area contributed by atoms with Gasteiger partial charge in [-0.15, -0.1) is 11.3 Å². The molecule has 0 atom stereocenters.